The third kappa shape index (κ3) is 1.75. The number of aromatic hydroxyl groups is 1. The Morgan fingerprint density at radius 1 is 1.29 bits per heavy atom. The van der Waals surface area contributed by atoms with E-state index in [9.17, 15) is 15.3 Å². The number of rotatable bonds is 1. The van der Waals surface area contributed by atoms with Crippen LogP contribution in [0.15, 0.2) is 23.8 Å². The van der Waals surface area contributed by atoms with E-state index in [1.807, 2.05) is 6.07 Å². The number of fused-ring (bicyclic) bond motifs is 2. The zero-order valence-corrected chi connectivity index (χ0v) is 11.9. The van der Waals surface area contributed by atoms with Gasteiger partial charge in [0.2, 0.25) is 0 Å². The van der Waals surface area contributed by atoms with E-state index in [2.05, 4.69) is 4.90 Å². The van der Waals surface area contributed by atoms with Crippen molar-refractivity contribution < 1.29 is 20.1 Å². The van der Waals surface area contributed by atoms with Crippen molar-refractivity contribution in [3.63, 3.8) is 0 Å². The largest absolute Gasteiger partial charge is 0.504 e. The molecule has 2 heterocycles. The molecular weight excluding hydrogens is 270 g/mol. The van der Waals surface area contributed by atoms with Crippen molar-refractivity contribution in [2.24, 2.45) is 0 Å². The smallest absolute Gasteiger partial charge is 0.160 e. The topological polar surface area (TPSA) is 73.2 Å². The second kappa shape index (κ2) is 4.47. The number of hydrogen-bond donors (Lipinski definition) is 3. The maximum Gasteiger partial charge on any atom is 0.160 e. The molecule has 0 bridgehead atoms. The first kappa shape index (κ1) is 13.1. The summed E-state index contributed by atoms with van der Waals surface area (Å²) in [5.41, 5.74) is 3.19. The van der Waals surface area contributed by atoms with Gasteiger partial charge >= 0.3 is 0 Å². The Hall–Kier alpha value is -1.56. The van der Waals surface area contributed by atoms with Crippen LogP contribution < -0.4 is 4.74 Å². The molecule has 112 valence electrons. The molecule has 1 aliphatic carbocycles. The van der Waals surface area contributed by atoms with Gasteiger partial charge in [-0.05, 0) is 29.7 Å². The molecule has 4 unspecified atom stereocenters. The molecule has 5 nitrogen and oxygen atoms in total. The van der Waals surface area contributed by atoms with Crippen LogP contribution in [0.25, 0.3) is 0 Å². The molecule has 1 aromatic carbocycles. The van der Waals surface area contributed by atoms with Crippen LogP contribution in [-0.2, 0) is 6.54 Å². The van der Waals surface area contributed by atoms with Gasteiger partial charge < -0.3 is 20.1 Å². The predicted octanol–water partition coefficient (Wildman–Crippen LogP) is 0.734. The van der Waals surface area contributed by atoms with Crippen molar-refractivity contribution in [1.29, 1.82) is 0 Å². The lowest BCUT2D eigenvalue weighted by Crippen LogP contribution is -2.49. The number of ether oxygens (including phenoxy) is 1. The van der Waals surface area contributed by atoms with Gasteiger partial charge in [-0.15, -0.1) is 0 Å². The van der Waals surface area contributed by atoms with Crippen LogP contribution >= 0.6 is 0 Å². The molecule has 0 radical (unpaired) electrons. The maximum atomic E-state index is 10.5. The number of aliphatic hydroxyl groups excluding tert-OH is 2. The molecule has 0 spiro atoms. The number of nitrogens with zero attached hydrogens (tertiary/aromatic N) is 1. The van der Waals surface area contributed by atoms with Crippen LogP contribution in [0.3, 0.4) is 0 Å². The first-order valence-electron chi connectivity index (χ1n) is 7.30. The fourth-order valence-corrected chi connectivity index (χ4v) is 4.14. The lowest BCUT2D eigenvalue weighted by Gasteiger charge is -2.44. The summed E-state index contributed by atoms with van der Waals surface area (Å²) in [4.78, 5) is 2.34. The van der Waals surface area contributed by atoms with E-state index in [-0.39, 0.29) is 17.7 Å². The second-order valence-electron chi connectivity index (χ2n) is 6.14. The van der Waals surface area contributed by atoms with E-state index < -0.39 is 12.2 Å². The van der Waals surface area contributed by atoms with E-state index in [0.29, 0.717) is 5.75 Å². The quantitative estimate of drug-likeness (QED) is 0.665. The molecule has 3 N–H and O–H groups in total. The summed E-state index contributed by atoms with van der Waals surface area (Å²) >= 11 is 0. The first-order chi connectivity index (χ1) is 10.1. The van der Waals surface area contributed by atoms with Gasteiger partial charge in [-0.25, -0.2) is 0 Å². The average Bonchev–Trinajstić information content (AvgIpc) is 2.86. The summed E-state index contributed by atoms with van der Waals surface area (Å²) in [6, 6.07) is 3.67. The summed E-state index contributed by atoms with van der Waals surface area (Å²) < 4.78 is 5.18. The summed E-state index contributed by atoms with van der Waals surface area (Å²) in [6.07, 6.45) is 1.06. The summed E-state index contributed by atoms with van der Waals surface area (Å²) in [6.45, 7) is 1.72. The molecule has 2 aliphatic heterocycles. The van der Waals surface area contributed by atoms with Crippen molar-refractivity contribution in [3.05, 3.63) is 34.9 Å². The van der Waals surface area contributed by atoms with Gasteiger partial charge in [-0.2, -0.15) is 0 Å². The highest BCUT2D eigenvalue weighted by Gasteiger charge is 2.48. The lowest BCUT2D eigenvalue weighted by atomic mass is 9.73. The van der Waals surface area contributed by atoms with E-state index in [0.717, 1.165) is 30.6 Å². The number of hydrogen-bond acceptors (Lipinski definition) is 5. The Morgan fingerprint density at radius 2 is 2.10 bits per heavy atom. The fraction of sp³-hybridized carbons (Fsp3) is 0.500. The minimum atomic E-state index is -0.841. The van der Waals surface area contributed by atoms with Gasteiger partial charge in [0.05, 0.1) is 19.3 Å². The number of aliphatic hydroxyl groups is 2. The molecule has 1 fully saturated rings. The first-order valence-corrected chi connectivity index (χ1v) is 7.30. The Bertz CT molecular complexity index is 627. The molecule has 4 rings (SSSR count). The van der Waals surface area contributed by atoms with Crippen LogP contribution in [0.1, 0.15) is 23.5 Å². The zero-order valence-electron chi connectivity index (χ0n) is 11.9. The minimum absolute atomic E-state index is 0.0838. The highest BCUT2D eigenvalue weighted by Crippen LogP contribution is 2.48. The molecule has 5 heteroatoms. The van der Waals surface area contributed by atoms with Gasteiger partial charge in [0.1, 0.15) is 0 Å². The fourth-order valence-electron chi connectivity index (χ4n) is 4.14. The average molecular weight is 289 g/mol. The zero-order chi connectivity index (χ0) is 14.7. The number of phenolic OH excluding ortho intramolecular Hbond substituents is 1. The van der Waals surface area contributed by atoms with Gasteiger partial charge in [-0.1, -0.05) is 11.6 Å². The number of phenols is 1. The standard InChI is InChI=1S/C16H19NO4/c1-21-13-5-9-7-17-3-2-8-4-12(19)16(20)14(15(8)17)10(9)6-11(13)18/h4-6,12,14-16,18-20H,2-3,7H2,1H3. The van der Waals surface area contributed by atoms with Crippen molar-refractivity contribution in [2.75, 3.05) is 13.7 Å². The van der Waals surface area contributed by atoms with Crippen LogP contribution in [0.5, 0.6) is 11.5 Å². The molecular formula is C16H19NO4. The monoisotopic (exact) mass is 289 g/mol. The minimum Gasteiger partial charge on any atom is -0.504 e. The summed E-state index contributed by atoms with van der Waals surface area (Å²) in [7, 11) is 1.53. The predicted molar refractivity (Wildman–Crippen MR) is 76.3 cm³/mol. The number of methoxy groups -OCH3 is 1. The maximum absolute atomic E-state index is 10.5. The van der Waals surface area contributed by atoms with Crippen molar-refractivity contribution >= 4 is 0 Å². The van der Waals surface area contributed by atoms with Crippen LogP contribution in [0.4, 0.5) is 0 Å². The van der Waals surface area contributed by atoms with Crippen LogP contribution in [-0.4, -0.2) is 52.1 Å². The Kier molecular flexibility index (Phi) is 2.79. The molecule has 0 saturated carbocycles. The van der Waals surface area contributed by atoms with Crippen LogP contribution in [0.2, 0.25) is 0 Å². The molecule has 3 aliphatic rings. The van der Waals surface area contributed by atoms with Gasteiger partial charge in [0.25, 0.3) is 0 Å². The van der Waals surface area contributed by atoms with Crippen LogP contribution in [0, 0.1) is 0 Å². The summed E-state index contributed by atoms with van der Waals surface area (Å²) in [5, 5.41) is 30.6. The molecule has 1 saturated heterocycles. The van der Waals surface area contributed by atoms with Gasteiger partial charge in [-0.3, -0.25) is 4.90 Å². The van der Waals surface area contributed by atoms with Gasteiger partial charge in [0.15, 0.2) is 11.5 Å². The normalized spacial score (nSPS) is 34.1. The van der Waals surface area contributed by atoms with E-state index in [1.54, 1.807) is 12.1 Å². The third-order valence-electron chi connectivity index (χ3n) is 5.08. The highest BCUT2D eigenvalue weighted by atomic mass is 16.5. The number of benzene rings is 1. The summed E-state index contributed by atoms with van der Waals surface area (Å²) in [5.74, 6) is 0.344. The Labute approximate surface area is 123 Å². The van der Waals surface area contributed by atoms with Gasteiger partial charge in [0, 0.05) is 25.0 Å². The van der Waals surface area contributed by atoms with E-state index in [1.165, 1.54) is 12.7 Å². The van der Waals surface area contributed by atoms with Crippen molar-refractivity contribution in [1.82, 2.24) is 4.90 Å². The second-order valence-corrected chi connectivity index (χ2v) is 6.14. The molecule has 4 atom stereocenters. The third-order valence-corrected chi connectivity index (χ3v) is 5.08. The molecule has 1 aromatic rings. The van der Waals surface area contributed by atoms with E-state index in [4.69, 9.17) is 4.74 Å². The molecule has 0 aromatic heterocycles. The molecule has 21 heavy (non-hydrogen) atoms. The SMILES string of the molecule is COc1cc2c(cc1O)C1C(O)C(O)C=C3CCN(C2)C31. The van der Waals surface area contributed by atoms with Crippen molar-refractivity contribution in [3.8, 4) is 11.5 Å². The van der Waals surface area contributed by atoms with Crippen molar-refractivity contribution in [2.45, 2.75) is 37.1 Å². The van der Waals surface area contributed by atoms with E-state index >= 15 is 0 Å². The Morgan fingerprint density at radius 3 is 2.86 bits per heavy atom. The Balaban J connectivity index is 1.88. The highest BCUT2D eigenvalue weighted by molar-refractivity contribution is 5.51. The molecule has 0 amide bonds. The lowest BCUT2D eigenvalue weighted by molar-refractivity contribution is -0.00162.